The van der Waals surface area contributed by atoms with Gasteiger partial charge in [0.25, 0.3) is 16.7 Å². The van der Waals surface area contributed by atoms with Crippen LogP contribution < -0.4 is 36.2 Å². The third-order valence-electron chi connectivity index (χ3n) is 17.4. The van der Waals surface area contributed by atoms with E-state index in [0.717, 1.165) is 53.8 Å². The highest BCUT2D eigenvalue weighted by Gasteiger charge is 2.52. The first-order chi connectivity index (χ1) is 48.3. The van der Waals surface area contributed by atoms with Gasteiger partial charge in [-0.05, 0) is 218 Å². The van der Waals surface area contributed by atoms with Crippen molar-refractivity contribution in [3.63, 3.8) is 0 Å². The van der Waals surface area contributed by atoms with Crippen molar-refractivity contribution in [1.29, 1.82) is 0 Å². The first-order valence-electron chi connectivity index (χ1n) is 33.2. The molecule has 6 aromatic heterocycles. The molecule has 2 amide bonds. The van der Waals surface area contributed by atoms with Crippen LogP contribution in [0.15, 0.2) is 166 Å². The predicted octanol–water partition coefficient (Wildman–Crippen LogP) is 14.4. The first kappa shape index (κ1) is 77.1. The Bertz CT molecular complexity index is 4930. The summed E-state index contributed by atoms with van der Waals surface area (Å²) in [5, 5.41) is 3.39. The van der Waals surface area contributed by atoms with Gasteiger partial charge in [0.05, 0.1) is 43.9 Å². The minimum absolute atomic E-state index is 0. The summed E-state index contributed by atoms with van der Waals surface area (Å²) in [6.45, 7) is 23.0. The summed E-state index contributed by atoms with van der Waals surface area (Å²) >= 11 is 5.75. The molecule has 4 aliphatic rings. The fourth-order valence-electron chi connectivity index (χ4n) is 11.3. The number of benzene rings is 3. The minimum atomic E-state index is -0.550. The summed E-state index contributed by atoms with van der Waals surface area (Å²) in [7, 11) is 3.93. The van der Waals surface area contributed by atoms with Gasteiger partial charge in [-0.3, -0.25) is 27.6 Å². The zero-order valence-corrected chi connectivity index (χ0v) is 60.0. The maximum Gasteiger partial charge on any atom is 0.490 e. The summed E-state index contributed by atoms with van der Waals surface area (Å²) in [5.41, 5.74) is 7.61. The number of aromatic nitrogens is 6. The topological polar surface area (TPSA) is 220 Å². The molecule has 3 aromatic carbocycles. The molecule has 21 nitrogen and oxygen atoms in total. The molecule has 0 aliphatic carbocycles. The number of hydrogen-bond acceptors (Lipinski definition) is 16. The fraction of sp³-hybridized carbons (Fsp3) is 0.351. The van der Waals surface area contributed by atoms with E-state index < -0.39 is 28.7 Å². The maximum atomic E-state index is 14.1. The molecule has 26 heteroatoms. The third-order valence-corrected chi connectivity index (χ3v) is 17.6. The Balaban J connectivity index is 0.000000162. The predicted molar refractivity (Wildman–Crippen MR) is 394 cm³/mol. The average Bonchev–Trinajstić information content (AvgIpc) is 1.64. The number of rotatable bonds is 9. The lowest BCUT2D eigenvalue weighted by Crippen LogP contribution is -2.41. The molecule has 0 bridgehead atoms. The van der Waals surface area contributed by atoms with Gasteiger partial charge in [-0.1, -0.05) is 55.5 Å². The number of carbonyl (C=O) groups excluding carboxylic acids is 2. The zero-order valence-electron chi connectivity index (χ0n) is 59.3. The Labute approximate surface area is 601 Å². The lowest BCUT2D eigenvalue weighted by Gasteiger charge is -2.32. The highest BCUT2D eigenvalue weighted by Crippen LogP contribution is 2.40. The second-order valence-electron chi connectivity index (χ2n) is 27.5. The summed E-state index contributed by atoms with van der Waals surface area (Å²) in [4.78, 5) is 78.3. The van der Waals surface area contributed by atoms with Gasteiger partial charge in [0.1, 0.15) is 33.3 Å². The number of methoxy groups -OCH3 is 3. The number of fused-ring (bicyclic) bond motifs is 3. The van der Waals surface area contributed by atoms with Gasteiger partial charge in [0.15, 0.2) is 34.7 Å². The number of halogens is 4. The molecule has 0 radical (unpaired) electrons. The summed E-state index contributed by atoms with van der Waals surface area (Å²) < 4.78 is 83.8. The largest absolute Gasteiger partial charge is 0.494 e. The van der Waals surface area contributed by atoms with Gasteiger partial charge in [-0.25, -0.2) is 37.7 Å². The second-order valence-corrected chi connectivity index (χ2v) is 27.9. The van der Waals surface area contributed by atoms with Crippen LogP contribution in [0.1, 0.15) is 107 Å². The standard InChI is InChI=1S/C25H26FN3O4.C20H18FN3O2.C16H28BNO4.C15H10ClFN2O2.CH4/c1-25(2,3)33-24(31)28-11-9-16(10-12-28)20-14-23(30)29-15-18(6-8-22(29)27-20)17-5-7-21(32-4)19(26)13-17;1-26-18-4-2-14(10-16(18)21)15-3-5-19-23-17(11-20(25)24(19)12-15)13-6-8-22-9-7-13;1-14(2,3)20-13(19)18-10-8-12(9-11-18)17-21-15(4,5)16(6,7)22-17;1-21-12-4-2-9(6-11(12)17)10-3-5-14-18-13(16)7-15(20)19(14)8-10;/h5-9,13-15H,10-12H2,1-4H3;2-6,10-12,22H,7-9H2,1H3;8H,9-11H2,1-7H3;2-8H,1H3;1H4. The number of pyridine rings is 3. The first-order valence-corrected chi connectivity index (χ1v) is 33.5. The van der Waals surface area contributed by atoms with Gasteiger partial charge in [0.2, 0.25) is 0 Å². The van der Waals surface area contributed by atoms with Crippen LogP contribution in [0.3, 0.4) is 0 Å². The minimum Gasteiger partial charge on any atom is -0.494 e. The van der Waals surface area contributed by atoms with Crippen molar-refractivity contribution in [3.8, 4) is 50.6 Å². The smallest absolute Gasteiger partial charge is 0.490 e. The molecular weight excluding hydrogens is 1350 g/mol. The highest BCUT2D eigenvalue weighted by molar-refractivity contribution is 6.54. The van der Waals surface area contributed by atoms with Gasteiger partial charge >= 0.3 is 19.3 Å². The van der Waals surface area contributed by atoms with Crippen molar-refractivity contribution >= 4 is 59.0 Å². The molecule has 1 saturated heterocycles. The molecule has 10 heterocycles. The zero-order chi connectivity index (χ0) is 73.6. The van der Waals surface area contributed by atoms with E-state index in [1.54, 1.807) is 95.1 Å². The molecular formula is C77H86BClF3N9O12. The number of hydrogen-bond donors (Lipinski definition) is 1. The SMILES string of the molecule is C.CC(C)(C)OC(=O)N1CC=C(B2OC(C)(C)C(C)(C)O2)CC1.COc1ccc(-c2ccc3nc(C4=CCN(C(=O)OC(C)(C)C)CC4)cc(=O)n3c2)cc1F.COc1ccc(-c2ccc3nc(C4=CCNCC4)cc(=O)n3c2)cc1F.COc1ccc(-c2ccc3nc(Cl)cc(=O)n3c2)cc1F. The van der Waals surface area contributed by atoms with Crippen LogP contribution in [0.2, 0.25) is 5.15 Å². The van der Waals surface area contributed by atoms with Crippen LogP contribution in [0.4, 0.5) is 22.8 Å². The van der Waals surface area contributed by atoms with Crippen molar-refractivity contribution in [3.05, 3.63) is 217 Å². The van der Waals surface area contributed by atoms with E-state index in [0.29, 0.717) is 83.1 Å². The Hall–Kier alpha value is -10.1. The second kappa shape index (κ2) is 32.1. The molecule has 1 N–H and O–H groups in total. The number of carbonyl (C=O) groups is 2. The van der Waals surface area contributed by atoms with Gasteiger partial charge in [-0.15, -0.1) is 0 Å². The van der Waals surface area contributed by atoms with E-state index in [9.17, 15) is 37.1 Å². The van der Waals surface area contributed by atoms with E-state index in [2.05, 4.69) is 26.3 Å². The molecule has 9 aromatic rings. The third kappa shape index (κ3) is 18.8. The molecule has 1 fully saturated rings. The maximum absolute atomic E-state index is 14.1. The Morgan fingerprint density at radius 3 is 1.24 bits per heavy atom. The summed E-state index contributed by atoms with van der Waals surface area (Å²) in [6, 6.07) is 28.8. The molecule has 13 rings (SSSR count). The molecule has 103 heavy (non-hydrogen) atoms. The molecule has 0 saturated carbocycles. The van der Waals surface area contributed by atoms with Crippen LogP contribution in [0.25, 0.3) is 61.5 Å². The van der Waals surface area contributed by atoms with E-state index in [-0.39, 0.29) is 77.0 Å². The normalized spacial score (nSPS) is 15.5. The Morgan fingerprint density at radius 1 is 0.515 bits per heavy atom. The number of amides is 2. The van der Waals surface area contributed by atoms with Crippen molar-refractivity contribution in [2.75, 3.05) is 60.6 Å². The van der Waals surface area contributed by atoms with E-state index in [4.69, 9.17) is 44.6 Å². The summed E-state index contributed by atoms with van der Waals surface area (Å²) in [6.07, 6.45) is 12.5. The molecule has 0 unspecified atom stereocenters. The van der Waals surface area contributed by atoms with Gasteiger partial charge < -0.3 is 48.1 Å². The van der Waals surface area contributed by atoms with E-state index >= 15 is 0 Å². The quantitative estimate of drug-likeness (QED) is 0.105. The Kier molecular flexibility index (Phi) is 24.0. The van der Waals surface area contributed by atoms with Crippen LogP contribution in [-0.2, 0) is 18.8 Å². The fourth-order valence-corrected chi connectivity index (χ4v) is 11.5. The highest BCUT2D eigenvalue weighted by atomic mass is 35.5. The van der Waals surface area contributed by atoms with Crippen molar-refractivity contribution < 1.29 is 55.8 Å². The van der Waals surface area contributed by atoms with Gasteiger partial charge in [0, 0.05) is 69.5 Å². The van der Waals surface area contributed by atoms with E-state index in [1.807, 2.05) is 87.5 Å². The molecule has 4 aliphatic heterocycles. The number of ether oxygens (including phenoxy) is 5. The number of nitrogens with one attached hydrogen (secondary N) is 1. The van der Waals surface area contributed by atoms with Crippen LogP contribution in [-0.4, -0.2) is 140 Å². The van der Waals surface area contributed by atoms with Crippen molar-refractivity contribution in [2.24, 2.45) is 0 Å². The van der Waals surface area contributed by atoms with Gasteiger partial charge in [-0.2, -0.15) is 0 Å². The summed E-state index contributed by atoms with van der Waals surface area (Å²) in [5.74, 6) is -0.853. The lowest BCUT2D eigenvalue weighted by atomic mass is 9.75. The lowest BCUT2D eigenvalue weighted by molar-refractivity contribution is 0.00578. The van der Waals surface area contributed by atoms with Crippen molar-refractivity contribution in [2.45, 2.75) is 118 Å². The number of nitrogens with zero attached hydrogens (tertiary/aromatic N) is 8. The average molecular weight is 1430 g/mol. The molecule has 0 atom stereocenters. The molecule has 0 spiro atoms. The van der Waals surface area contributed by atoms with Crippen LogP contribution in [0, 0.1) is 17.5 Å². The monoisotopic (exact) mass is 1430 g/mol. The van der Waals surface area contributed by atoms with Crippen LogP contribution >= 0.6 is 11.6 Å². The molecule has 542 valence electrons. The van der Waals surface area contributed by atoms with Crippen molar-refractivity contribution in [1.82, 2.24) is 43.3 Å². The van der Waals surface area contributed by atoms with Crippen LogP contribution in [0.5, 0.6) is 17.2 Å². The Morgan fingerprint density at radius 2 is 0.893 bits per heavy atom. The van der Waals surface area contributed by atoms with E-state index in [1.165, 1.54) is 70.9 Å².